The van der Waals surface area contributed by atoms with Crippen molar-refractivity contribution in [2.45, 2.75) is 48.6 Å². The zero-order valence-electron chi connectivity index (χ0n) is 16.2. The highest BCUT2D eigenvalue weighted by molar-refractivity contribution is 8.00. The van der Waals surface area contributed by atoms with Crippen molar-refractivity contribution in [2.24, 2.45) is 0 Å². The number of likely N-dealkylation sites (tertiary alicyclic amines) is 1. The molecule has 1 amide bonds. The van der Waals surface area contributed by atoms with Gasteiger partial charge in [-0.3, -0.25) is 4.79 Å². The van der Waals surface area contributed by atoms with Gasteiger partial charge in [-0.2, -0.15) is 0 Å². The number of hydrogen-bond acceptors (Lipinski definition) is 5. The Kier molecular flexibility index (Phi) is 5.42. The van der Waals surface area contributed by atoms with Gasteiger partial charge >= 0.3 is 0 Å². The lowest BCUT2D eigenvalue weighted by atomic mass is 10.1. The molecule has 3 heterocycles. The summed E-state index contributed by atoms with van der Waals surface area (Å²) in [6.07, 6.45) is 5.33. The summed E-state index contributed by atoms with van der Waals surface area (Å²) in [5.41, 5.74) is 1.04. The number of aromatic nitrogens is 3. The Bertz CT molecular complexity index is 960. The highest BCUT2D eigenvalue weighted by Gasteiger charge is 2.34. The van der Waals surface area contributed by atoms with Gasteiger partial charge in [0.25, 0.3) is 0 Å². The van der Waals surface area contributed by atoms with Crippen molar-refractivity contribution in [1.29, 1.82) is 0 Å². The molecule has 1 atom stereocenters. The Hall–Kier alpha value is -2.12. The minimum Gasteiger partial charge on any atom is -0.341 e. The van der Waals surface area contributed by atoms with Gasteiger partial charge in [-0.15, -0.1) is 21.5 Å². The van der Waals surface area contributed by atoms with E-state index in [0.29, 0.717) is 6.04 Å². The number of carbonyl (C=O) groups excluding carboxylic acids is 1. The van der Waals surface area contributed by atoms with E-state index < -0.39 is 0 Å². The van der Waals surface area contributed by atoms with Crippen LogP contribution in [0.1, 0.15) is 53.2 Å². The first-order chi connectivity index (χ1) is 14.3. The third kappa shape index (κ3) is 4.12. The van der Waals surface area contributed by atoms with Crippen molar-refractivity contribution in [3.8, 4) is 0 Å². The number of thiophene rings is 1. The lowest BCUT2D eigenvalue weighted by Crippen LogP contribution is -2.31. The number of hydrogen-bond donors (Lipinski definition) is 0. The first-order valence-electron chi connectivity index (χ1n) is 10.3. The Morgan fingerprint density at radius 3 is 2.59 bits per heavy atom. The van der Waals surface area contributed by atoms with Crippen LogP contribution in [0.4, 0.5) is 0 Å². The molecule has 5 rings (SSSR count). The van der Waals surface area contributed by atoms with Crippen LogP contribution in [0, 0.1) is 0 Å². The molecule has 1 saturated carbocycles. The van der Waals surface area contributed by atoms with Crippen molar-refractivity contribution < 1.29 is 4.79 Å². The lowest BCUT2D eigenvalue weighted by Gasteiger charge is -2.23. The number of nitrogens with zero attached hydrogens (tertiary/aromatic N) is 4. The van der Waals surface area contributed by atoms with E-state index in [4.69, 9.17) is 0 Å². The van der Waals surface area contributed by atoms with E-state index in [1.54, 1.807) is 23.1 Å². The largest absolute Gasteiger partial charge is 0.341 e. The van der Waals surface area contributed by atoms with Crippen LogP contribution < -0.4 is 0 Å². The van der Waals surface area contributed by atoms with E-state index >= 15 is 0 Å². The molecular formula is C22H24N4OS2. The van der Waals surface area contributed by atoms with Gasteiger partial charge in [-0.1, -0.05) is 48.2 Å². The maximum atomic E-state index is 13.4. The minimum absolute atomic E-state index is 0.198. The van der Waals surface area contributed by atoms with Gasteiger partial charge < -0.3 is 9.47 Å². The third-order valence-electron chi connectivity index (χ3n) is 5.53. The van der Waals surface area contributed by atoms with Crippen molar-refractivity contribution in [1.82, 2.24) is 19.7 Å². The molecule has 2 fully saturated rings. The van der Waals surface area contributed by atoms with Crippen LogP contribution in [-0.4, -0.2) is 38.7 Å². The molecule has 1 aliphatic heterocycles. The number of carbonyl (C=O) groups is 1. The highest BCUT2D eigenvalue weighted by Crippen LogP contribution is 2.43. The molecule has 0 spiro atoms. The maximum absolute atomic E-state index is 13.4. The molecule has 7 heteroatoms. The molecule has 29 heavy (non-hydrogen) atoms. The van der Waals surface area contributed by atoms with Gasteiger partial charge in [-0.05, 0) is 42.7 Å². The van der Waals surface area contributed by atoms with E-state index in [1.807, 2.05) is 23.1 Å². The van der Waals surface area contributed by atoms with Gasteiger partial charge in [0.1, 0.15) is 11.1 Å². The molecule has 0 N–H and O–H groups in total. The number of amides is 1. The summed E-state index contributed by atoms with van der Waals surface area (Å²) < 4.78 is 2.29. The topological polar surface area (TPSA) is 51.0 Å². The van der Waals surface area contributed by atoms with Crippen molar-refractivity contribution in [3.05, 3.63) is 64.1 Å². The van der Waals surface area contributed by atoms with E-state index in [1.165, 1.54) is 17.7 Å². The average Bonchev–Trinajstić information content (AvgIpc) is 3.17. The van der Waals surface area contributed by atoms with Gasteiger partial charge in [0.15, 0.2) is 5.16 Å². The molecule has 0 radical (unpaired) electrons. The molecule has 2 aliphatic rings. The third-order valence-corrected chi connectivity index (χ3v) is 7.60. The molecule has 150 valence electrons. The molecule has 1 unspecified atom stereocenters. The van der Waals surface area contributed by atoms with Crippen LogP contribution in [-0.2, 0) is 11.2 Å². The van der Waals surface area contributed by atoms with Crippen LogP contribution >= 0.6 is 23.1 Å². The molecule has 1 aliphatic carbocycles. The van der Waals surface area contributed by atoms with Crippen molar-refractivity contribution >= 4 is 29.0 Å². The first kappa shape index (κ1) is 18.9. The molecule has 3 aromatic rings. The molecule has 2 aromatic heterocycles. The molecule has 1 saturated heterocycles. The van der Waals surface area contributed by atoms with Gasteiger partial charge in [0, 0.05) is 30.4 Å². The Labute approximate surface area is 179 Å². The molecule has 0 bridgehead atoms. The smallest absolute Gasteiger partial charge is 0.240 e. The normalized spacial score (nSPS) is 17.6. The summed E-state index contributed by atoms with van der Waals surface area (Å²) in [5, 5.41) is 11.8. The monoisotopic (exact) mass is 424 g/mol. The summed E-state index contributed by atoms with van der Waals surface area (Å²) in [7, 11) is 0. The minimum atomic E-state index is -0.273. The predicted molar refractivity (Wildman–Crippen MR) is 116 cm³/mol. The molecular weight excluding hydrogens is 400 g/mol. The first-order valence-corrected chi connectivity index (χ1v) is 12.0. The summed E-state index contributed by atoms with van der Waals surface area (Å²) in [6, 6.07) is 14.8. The SMILES string of the molecule is O=C(C(Sc1nnc(Cc2cccs2)n1C1CC1)c1ccccc1)N1CCCC1. The number of thioether (sulfide) groups is 1. The number of benzene rings is 1. The van der Waals surface area contributed by atoms with Gasteiger partial charge in [0.05, 0.1) is 0 Å². The van der Waals surface area contributed by atoms with Crippen LogP contribution in [0.15, 0.2) is 53.0 Å². The predicted octanol–water partition coefficient (Wildman–Crippen LogP) is 4.72. The van der Waals surface area contributed by atoms with Gasteiger partial charge in [0.2, 0.25) is 5.91 Å². The fourth-order valence-corrected chi connectivity index (χ4v) is 5.79. The Morgan fingerprint density at radius 2 is 1.90 bits per heavy atom. The van der Waals surface area contributed by atoms with E-state index in [9.17, 15) is 4.79 Å². The van der Waals surface area contributed by atoms with Crippen LogP contribution in [0.25, 0.3) is 0 Å². The van der Waals surface area contributed by atoms with E-state index in [-0.39, 0.29) is 11.2 Å². The number of rotatable bonds is 7. The Morgan fingerprint density at radius 1 is 1.10 bits per heavy atom. The summed E-state index contributed by atoms with van der Waals surface area (Å²) in [5.74, 6) is 1.21. The molecule has 1 aromatic carbocycles. The fourth-order valence-electron chi connectivity index (χ4n) is 3.87. The second-order valence-electron chi connectivity index (χ2n) is 7.70. The van der Waals surface area contributed by atoms with Crippen LogP contribution in [0.2, 0.25) is 0 Å². The summed E-state index contributed by atoms with van der Waals surface area (Å²) in [6.45, 7) is 1.73. The second-order valence-corrected chi connectivity index (χ2v) is 9.80. The fraction of sp³-hybridized carbons (Fsp3) is 0.409. The maximum Gasteiger partial charge on any atom is 0.240 e. The quantitative estimate of drug-likeness (QED) is 0.515. The highest BCUT2D eigenvalue weighted by atomic mass is 32.2. The second kappa shape index (κ2) is 8.32. The van der Waals surface area contributed by atoms with Crippen LogP contribution in [0.5, 0.6) is 0 Å². The van der Waals surface area contributed by atoms with Crippen molar-refractivity contribution in [3.63, 3.8) is 0 Å². The van der Waals surface area contributed by atoms with Crippen LogP contribution in [0.3, 0.4) is 0 Å². The van der Waals surface area contributed by atoms with Crippen molar-refractivity contribution in [2.75, 3.05) is 13.1 Å². The standard InChI is InChI=1S/C22H24N4OS2/c27-21(25-12-4-5-13-25)20(16-7-2-1-3-8-16)29-22-24-23-19(26(22)17-10-11-17)15-18-9-6-14-28-18/h1-3,6-9,14,17,20H,4-5,10-13,15H2. The zero-order valence-corrected chi connectivity index (χ0v) is 17.9. The summed E-state index contributed by atoms with van der Waals surface area (Å²) in [4.78, 5) is 16.7. The molecule has 5 nitrogen and oxygen atoms in total. The van der Waals surface area contributed by atoms with E-state index in [2.05, 4.69) is 44.4 Å². The lowest BCUT2D eigenvalue weighted by molar-refractivity contribution is -0.129. The average molecular weight is 425 g/mol. The summed E-state index contributed by atoms with van der Waals surface area (Å²) >= 11 is 3.32. The zero-order chi connectivity index (χ0) is 19.6. The Balaban J connectivity index is 1.45. The van der Waals surface area contributed by atoms with Gasteiger partial charge in [-0.25, -0.2) is 0 Å². The van der Waals surface area contributed by atoms with E-state index in [0.717, 1.165) is 48.9 Å².